The molecule has 0 N–H and O–H groups in total. The number of aromatic nitrogens is 2. The van der Waals surface area contributed by atoms with Crippen LogP contribution in [0.2, 0.25) is 0 Å². The number of rotatable bonds is 35. The van der Waals surface area contributed by atoms with Gasteiger partial charge < -0.3 is 0 Å². The molecule has 1 rings (SSSR count). The average molecular weight is 602 g/mol. The van der Waals surface area contributed by atoms with E-state index in [1.54, 1.807) is 5.82 Å². The van der Waals surface area contributed by atoms with Crippen LogP contribution in [0.15, 0.2) is 12.4 Å². The van der Waals surface area contributed by atoms with Crippen molar-refractivity contribution in [3.8, 4) is 0 Å². The summed E-state index contributed by atoms with van der Waals surface area (Å²) in [5.41, 5.74) is 0. The van der Waals surface area contributed by atoms with Crippen LogP contribution in [0.5, 0.6) is 0 Å². The van der Waals surface area contributed by atoms with E-state index in [4.69, 9.17) is 0 Å². The van der Waals surface area contributed by atoms with Gasteiger partial charge in [-0.25, -0.2) is 9.13 Å². The van der Waals surface area contributed by atoms with Crippen LogP contribution in [0.3, 0.4) is 0 Å². The summed E-state index contributed by atoms with van der Waals surface area (Å²) in [6.45, 7) is 9.40. The molecular weight excluding hydrogens is 520 g/mol. The van der Waals surface area contributed by atoms with E-state index >= 15 is 0 Å². The molecule has 0 unspecified atom stereocenters. The molecule has 254 valence electrons. The number of aryl methyl sites for hydroxylation is 2. The van der Waals surface area contributed by atoms with E-state index in [9.17, 15) is 0 Å². The molecule has 2 nitrogen and oxygen atoms in total. The Balaban J connectivity index is 2.24. The Morgan fingerprint density at radius 1 is 0.395 bits per heavy atom. The van der Waals surface area contributed by atoms with Gasteiger partial charge in [-0.2, -0.15) is 0 Å². The lowest BCUT2D eigenvalue weighted by atomic mass is 10.0. The first kappa shape index (κ1) is 40.2. The molecule has 0 saturated heterocycles. The van der Waals surface area contributed by atoms with Crippen LogP contribution in [0, 0.1) is 0 Å². The van der Waals surface area contributed by atoms with Crippen molar-refractivity contribution < 1.29 is 4.57 Å². The molecule has 0 aliphatic heterocycles. The molecule has 0 aliphatic carbocycles. The van der Waals surface area contributed by atoms with Crippen molar-refractivity contribution in [3.63, 3.8) is 0 Å². The Labute approximate surface area is 272 Å². The summed E-state index contributed by atoms with van der Waals surface area (Å²) in [6.07, 6.45) is 51.9. The van der Waals surface area contributed by atoms with Gasteiger partial charge >= 0.3 is 0 Å². The van der Waals surface area contributed by atoms with Gasteiger partial charge in [0.25, 0.3) is 5.82 Å². The molecule has 0 saturated carbocycles. The molecule has 0 atom stereocenters. The second-order valence-corrected chi connectivity index (χ2v) is 14.1. The van der Waals surface area contributed by atoms with Crippen molar-refractivity contribution in [2.45, 2.75) is 246 Å². The molecule has 0 radical (unpaired) electrons. The first-order valence-electron chi connectivity index (χ1n) is 20.4. The van der Waals surface area contributed by atoms with Gasteiger partial charge in [0, 0.05) is 6.42 Å². The molecule has 43 heavy (non-hydrogen) atoms. The van der Waals surface area contributed by atoms with Gasteiger partial charge in [0.05, 0.1) is 13.1 Å². The largest absolute Gasteiger partial charge is 0.256 e. The van der Waals surface area contributed by atoms with E-state index in [-0.39, 0.29) is 0 Å². The van der Waals surface area contributed by atoms with Gasteiger partial charge in [0.15, 0.2) is 0 Å². The fourth-order valence-electron chi connectivity index (χ4n) is 6.86. The predicted octanol–water partition coefficient (Wildman–Crippen LogP) is 13.9. The standard InChI is InChI=1S/C41H81N2/c1-4-7-10-13-16-18-20-22-23-24-26-28-30-33-36-41-42(37-34-31-15-12-9-6-3)39-40-43(41)38-35-32-29-27-25-21-19-17-14-11-8-5-2/h39-40H,4-38H2,1-3H3/q+1. The lowest BCUT2D eigenvalue weighted by Crippen LogP contribution is -2.37. The monoisotopic (exact) mass is 602 g/mol. The van der Waals surface area contributed by atoms with Gasteiger partial charge in [-0.1, -0.05) is 194 Å². The summed E-state index contributed by atoms with van der Waals surface area (Å²) in [5.74, 6) is 1.62. The van der Waals surface area contributed by atoms with E-state index in [0.29, 0.717) is 0 Å². The Kier molecular flexibility index (Phi) is 30.5. The highest BCUT2D eigenvalue weighted by atomic mass is 15.1. The zero-order valence-corrected chi connectivity index (χ0v) is 30.3. The molecule has 0 bridgehead atoms. The lowest BCUT2D eigenvalue weighted by molar-refractivity contribution is -0.704. The van der Waals surface area contributed by atoms with Crippen molar-refractivity contribution in [1.82, 2.24) is 4.57 Å². The fourth-order valence-corrected chi connectivity index (χ4v) is 6.86. The van der Waals surface area contributed by atoms with Crippen LogP contribution < -0.4 is 4.57 Å². The number of unbranched alkanes of at least 4 members (excludes halogenated alkanes) is 29. The molecule has 0 fully saturated rings. The number of hydrogen-bond donors (Lipinski definition) is 0. The normalized spacial score (nSPS) is 11.6. The quantitative estimate of drug-likeness (QED) is 0.0540. The molecule has 0 aromatic carbocycles. The molecule has 1 heterocycles. The maximum Gasteiger partial charge on any atom is 0.256 e. The Morgan fingerprint density at radius 2 is 0.721 bits per heavy atom. The Bertz CT molecular complexity index is 663. The van der Waals surface area contributed by atoms with E-state index in [2.05, 4.69) is 42.3 Å². The molecule has 2 heteroatoms. The third-order valence-electron chi connectivity index (χ3n) is 9.85. The van der Waals surface area contributed by atoms with E-state index in [1.807, 2.05) is 0 Å². The second-order valence-electron chi connectivity index (χ2n) is 14.1. The Morgan fingerprint density at radius 3 is 1.12 bits per heavy atom. The van der Waals surface area contributed by atoms with Crippen LogP contribution >= 0.6 is 0 Å². The maximum absolute atomic E-state index is 2.63. The molecule has 0 aliphatic rings. The summed E-state index contributed by atoms with van der Waals surface area (Å²) in [5, 5.41) is 0. The first-order valence-corrected chi connectivity index (χ1v) is 20.4. The van der Waals surface area contributed by atoms with Crippen molar-refractivity contribution >= 4 is 0 Å². The molecule has 0 spiro atoms. The average Bonchev–Trinajstić information content (AvgIpc) is 3.40. The number of hydrogen-bond acceptors (Lipinski definition) is 0. The van der Waals surface area contributed by atoms with Crippen LogP contribution in [0.1, 0.15) is 232 Å². The van der Waals surface area contributed by atoms with Crippen molar-refractivity contribution in [2.24, 2.45) is 0 Å². The predicted molar refractivity (Wildman–Crippen MR) is 193 cm³/mol. The highest BCUT2D eigenvalue weighted by Gasteiger charge is 2.16. The van der Waals surface area contributed by atoms with Gasteiger partial charge in [0.1, 0.15) is 12.4 Å². The van der Waals surface area contributed by atoms with Gasteiger partial charge in [-0.15, -0.1) is 0 Å². The van der Waals surface area contributed by atoms with Gasteiger partial charge in [-0.05, 0) is 32.1 Å². The highest BCUT2D eigenvalue weighted by molar-refractivity contribution is 4.84. The molecule has 1 aromatic rings. The molecule has 1 aromatic heterocycles. The van der Waals surface area contributed by atoms with Crippen LogP contribution in [0.4, 0.5) is 0 Å². The minimum Gasteiger partial charge on any atom is -0.234 e. The van der Waals surface area contributed by atoms with Crippen LogP contribution in [-0.4, -0.2) is 4.57 Å². The summed E-state index contributed by atoms with van der Waals surface area (Å²) in [6, 6.07) is 0. The maximum atomic E-state index is 2.63. The van der Waals surface area contributed by atoms with Crippen molar-refractivity contribution in [2.75, 3.05) is 0 Å². The fraction of sp³-hybridized carbons (Fsp3) is 0.927. The summed E-state index contributed by atoms with van der Waals surface area (Å²) in [4.78, 5) is 0. The van der Waals surface area contributed by atoms with Crippen LogP contribution in [0.25, 0.3) is 0 Å². The third kappa shape index (κ3) is 25.1. The third-order valence-corrected chi connectivity index (χ3v) is 9.85. The van der Waals surface area contributed by atoms with E-state index in [0.717, 1.165) is 0 Å². The van der Waals surface area contributed by atoms with Crippen molar-refractivity contribution in [1.29, 1.82) is 0 Å². The lowest BCUT2D eigenvalue weighted by Gasteiger charge is -2.07. The molecule has 0 amide bonds. The summed E-state index contributed by atoms with van der Waals surface area (Å²) < 4.78 is 5.26. The first-order chi connectivity index (χ1) is 21.3. The Hall–Kier alpha value is -0.790. The zero-order chi connectivity index (χ0) is 30.9. The minimum atomic E-state index is 1.23. The zero-order valence-electron chi connectivity index (χ0n) is 30.3. The smallest absolute Gasteiger partial charge is 0.234 e. The van der Waals surface area contributed by atoms with Crippen molar-refractivity contribution in [3.05, 3.63) is 18.2 Å². The second kappa shape index (κ2) is 32.6. The van der Waals surface area contributed by atoms with Gasteiger partial charge in [-0.3, -0.25) is 0 Å². The van der Waals surface area contributed by atoms with E-state index < -0.39 is 0 Å². The number of imidazole rings is 1. The topological polar surface area (TPSA) is 8.81 Å². The summed E-state index contributed by atoms with van der Waals surface area (Å²) >= 11 is 0. The minimum absolute atomic E-state index is 1.23. The SMILES string of the molecule is CCCCCCCCCCCCCCCCc1n(CCCCCCCC)cc[n+]1CCCCCCCCCCCCCC. The number of nitrogens with zero attached hydrogens (tertiary/aromatic N) is 2. The van der Waals surface area contributed by atoms with Crippen LogP contribution in [-0.2, 0) is 19.5 Å². The highest BCUT2D eigenvalue weighted by Crippen LogP contribution is 2.15. The summed E-state index contributed by atoms with van der Waals surface area (Å²) in [7, 11) is 0. The van der Waals surface area contributed by atoms with E-state index in [1.165, 1.54) is 225 Å². The van der Waals surface area contributed by atoms with Gasteiger partial charge in [0.2, 0.25) is 0 Å². The molecular formula is C41H81N2+.